The Morgan fingerprint density at radius 1 is 1.26 bits per heavy atom. The van der Waals surface area contributed by atoms with Crippen molar-refractivity contribution in [3.8, 4) is 11.5 Å². The number of aromatic hydroxyl groups is 1. The lowest BCUT2D eigenvalue weighted by atomic mass is 9.50. The number of aliphatic hydroxyl groups is 1. The van der Waals surface area contributed by atoms with Crippen molar-refractivity contribution >= 4 is 23.9 Å². The van der Waals surface area contributed by atoms with E-state index in [1.165, 1.54) is 31.7 Å². The monoisotopic (exact) mass is 598 g/mol. The van der Waals surface area contributed by atoms with E-state index in [0.717, 1.165) is 24.2 Å². The van der Waals surface area contributed by atoms with Gasteiger partial charge in [0.1, 0.15) is 11.8 Å². The molecule has 2 bridgehead atoms. The van der Waals surface area contributed by atoms with Gasteiger partial charge in [-0.05, 0) is 55.9 Å². The molecule has 5 atom stereocenters. The van der Waals surface area contributed by atoms with Crippen molar-refractivity contribution in [1.82, 2.24) is 20.4 Å². The molecule has 5 aliphatic rings. The van der Waals surface area contributed by atoms with Gasteiger partial charge >= 0.3 is 12.1 Å². The summed E-state index contributed by atoms with van der Waals surface area (Å²) in [5, 5.41) is 37.1. The predicted molar refractivity (Wildman–Crippen MR) is 150 cm³/mol. The number of carboxylic acids is 1. The summed E-state index contributed by atoms with van der Waals surface area (Å²) in [4.78, 5) is 51.7. The molecule has 2 fully saturated rings. The van der Waals surface area contributed by atoms with Crippen LogP contribution in [0.15, 0.2) is 24.0 Å². The average Bonchev–Trinajstić information content (AvgIpc) is 3.68. The number of phenols is 1. The van der Waals surface area contributed by atoms with Crippen molar-refractivity contribution in [2.45, 2.75) is 74.7 Å². The maximum absolute atomic E-state index is 13.2. The minimum Gasteiger partial charge on any atom is -0.504 e. The Bertz CT molecular complexity index is 1380. The number of hydrogen-bond acceptors (Lipinski definition) is 9. The Morgan fingerprint density at radius 3 is 2.72 bits per heavy atom. The largest absolute Gasteiger partial charge is 0.504 e. The maximum atomic E-state index is 13.2. The molecular formula is C30H38N4O9. The minimum absolute atomic E-state index is 0.00994. The van der Waals surface area contributed by atoms with Crippen LogP contribution in [-0.4, -0.2) is 106 Å². The number of rotatable bonds is 10. The number of phenolic OH excluding ortho intramolecular Hbond substituents is 1. The van der Waals surface area contributed by atoms with Crippen molar-refractivity contribution in [1.29, 1.82) is 0 Å². The fraction of sp³-hybridized carbons (Fsp3) is 0.600. The topological polar surface area (TPSA) is 178 Å². The van der Waals surface area contributed by atoms with Crippen LogP contribution in [0.3, 0.4) is 0 Å². The first-order valence-corrected chi connectivity index (χ1v) is 14.8. The molecule has 2 heterocycles. The van der Waals surface area contributed by atoms with Crippen molar-refractivity contribution in [2.75, 3.05) is 33.2 Å². The van der Waals surface area contributed by atoms with Crippen LogP contribution in [0.25, 0.3) is 0 Å². The summed E-state index contributed by atoms with van der Waals surface area (Å²) in [6.07, 6.45) is 3.57. The lowest BCUT2D eigenvalue weighted by molar-refractivity contribution is -0.169. The number of nitrogens with one attached hydrogen (secondary N) is 2. The molecule has 1 saturated carbocycles. The standard InChI is InChI=1S/C30H38N4O9/c1-16(35)32-19(14-23(37)38)27(39)31-10-12-33(2)28(40)42-21-7-8-30(41)22-13-18-5-6-20(36)25-24(18)29(30,26(21)43-25)9-11-34(22)15-17-3-4-17/h5-7,17,19,22,26,36,41H,3-4,8-15H2,1-2H3,(H,31,39)(H,32,35)(H,37,38)/t19-,22?,26+,29?,30-/m1/s1. The van der Waals surface area contributed by atoms with Crippen LogP contribution >= 0.6 is 0 Å². The van der Waals surface area contributed by atoms with E-state index in [2.05, 4.69) is 15.5 Å². The molecule has 2 unspecified atom stereocenters. The van der Waals surface area contributed by atoms with Crippen molar-refractivity contribution in [2.24, 2.45) is 5.92 Å². The molecule has 232 valence electrons. The Hall–Kier alpha value is -3.84. The highest BCUT2D eigenvalue weighted by atomic mass is 16.6. The number of carboxylic acid groups (broad SMARTS) is 1. The zero-order valence-electron chi connectivity index (χ0n) is 24.3. The van der Waals surface area contributed by atoms with Crippen LogP contribution < -0.4 is 15.4 Å². The molecule has 1 aromatic rings. The molecule has 13 nitrogen and oxygen atoms in total. The van der Waals surface area contributed by atoms with Crippen LogP contribution in [-0.2, 0) is 31.0 Å². The minimum atomic E-state index is -1.24. The number of likely N-dealkylation sites (N-methyl/N-ethyl adjacent to an activating group) is 1. The predicted octanol–water partition coefficient (Wildman–Crippen LogP) is 0.614. The van der Waals surface area contributed by atoms with E-state index < -0.39 is 53.5 Å². The first-order valence-electron chi connectivity index (χ1n) is 14.8. The van der Waals surface area contributed by atoms with Gasteiger partial charge in [-0.25, -0.2) is 4.79 Å². The van der Waals surface area contributed by atoms with Gasteiger partial charge in [0.15, 0.2) is 17.6 Å². The molecule has 3 aliphatic carbocycles. The molecule has 0 radical (unpaired) electrons. The van der Waals surface area contributed by atoms with Crippen molar-refractivity contribution < 1.29 is 44.0 Å². The number of benzene rings is 1. The summed E-state index contributed by atoms with van der Waals surface area (Å²) >= 11 is 0. The normalized spacial score (nSPS) is 29.0. The van der Waals surface area contributed by atoms with Gasteiger partial charge in [-0.1, -0.05) is 6.07 Å². The molecule has 3 amide bonds. The average molecular weight is 599 g/mol. The fourth-order valence-electron chi connectivity index (χ4n) is 7.54. The lowest BCUT2D eigenvalue weighted by Gasteiger charge is -2.62. The van der Waals surface area contributed by atoms with E-state index in [1.807, 2.05) is 6.07 Å². The summed E-state index contributed by atoms with van der Waals surface area (Å²) in [5.74, 6) is -1.20. The van der Waals surface area contributed by atoms with Gasteiger partial charge in [0, 0.05) is 51.6 Å². The third kappa shape index (κ3) is 4.88. The van der Waals surface area contributed by atoms with E-state index in [-0.39, 0.29) is 37.1 Å². The zero-order valence-corrected chi connectivity index (χ0v) is 24.3. The van der Waals surface area contributed by atoms with E-state index in [9.17, 15) is 29.4 Å². The van der Waals surface area contributed by atoms with Gasteiger partial charge in [0.25, 0.3) is 0 Å². The van der Waals surface area contributed by atoms with Crippen LogP contribution in [0.2, 0.25) is 0 Å². The van der Waals surface area contributed by atoms with Crippen molar-refractivity contribution in [3.63, 3.8) is 0 Å². The van der Waals surface area contributed by atoms with E-state index in [1.54, 1.807) is 12.1 Å². The number of piperidine rings is 1. The molecule has 6 rings (SSSR count). The van der Waals surface area contributed by atoms with Crippen LogP contribution in [0.4, 0.5) is 4.79 Å². The molecule has 13 heteroatoms. The summed E-state index contributed by atoms with van der Waals surface area (Å²) in [5.41, 5.74) is -0.191. The smallest absolute Gasteiger partial charge is 0.414 e. The fourth-order valence-corrected chi connectivity index (χ4v) is 7.54. The van der Waals surface area contributed by atoms with Gasteiger partial charge < -0.3 is 40.3 Å². The zero-order chi connectivity index (χ0) is 30.7. The molecule has 5 N–H and O–H groups in total. The summed E-state index contributed by atoms with van der Waals surface area (Å²) in [6, 6.07) is 2.17. The Balaban J connectivity index is 1.17. The molecule has 43 heavy (non-hydrogen) atoms. The second-order valence-electron chi connectivity index (χ2n) is 12.5. The molecular weight excluding hydrogens is 560 g/mol. The van der Waals surface area contributed by atoms with Crippen LogP contribution in [0, 0.1) is 5.92 Å². The Kier molecular flexibility index (Phi) is 7.28. The van der Waals surface area contributed by atoms with Gasteiger partial charge in [-0.2, -0.15) is 0 Å². The molecule has 1 saturated heterocycles. The maximum Gasteiger partial charge on any atom is 0.414 e. The number of amides is 3. The number of likely N-dealkylation sites (tertiary alicyclic amines) is 1. The van der Waals surface area contributed by atoms with E-state index >= 15 is 0 Å². The third-order valence-corrected chi connectivity index (χ3v) is 9.72. The quantitative estimate of drug-likeness (QED) is 0.256. The number of hydrogen-bond donors (Lipinski definition) is 5. The highest BCUT2D eigenvalue weighted by Crippen LogP contribution is 2.65. The second kappa shape index (κ2) is 10.7. The first-order chi connectivity index (χ1) is 20.4. The summed E-state index contributed by atoms with van der Waals surface area (Å²) in [6.45, 7) is 2.93. The van der Waals surface area contributed by atoms with Gasteiger partial charge in [-0.15, -0.1) is 0 Å². The van der Waals surface area contributed by atoms with Crippen molar-refractivity contribution in [3.05, 3.63) is 35.1 Å². The van der Waals surface area contributed by atoms with Gasteiger partial charge in [-0.3, -0.25) is 19.3 Å². The summed E-state index contributed by atoms with van der Waals surface area (Å²) in [7, 11) is 1.50. The lowest BCUT2D eigenvalue weighted by Crippen LogP contribution is -2.75. The van der Waals surface area contributed by atoms with E-state index in [4.69, 9.17) is 14.6 Å². The molecule has 1 aromatic carbocycles. The number of carbonyl (C=O) groups excluding carboxylic acids is 3. The van der Waals surface area contributed by atoms with Gasteiger partial charge in [0.2, 0.25) is 11.8 Å². The molecule has 1 spiro atoms. The van der Waals surface area contributed by atoms with E-state index in [0.29, 0.717) is 24.5 Å². The number of aliphatic carboxylic acids is 1. The number of nitrogens with zero attached hydrogens (tertiary/aromatic N) is 2. The number of carbonyl (C=O) groups is 4. The highest BCUT2D eigenvalue weighted by molar-refractivity contribution is 5.90. The Morgan fingerprint density at radius 2 is 2.02 bits per heavy atom. The SMILES string of the molecule is CC(=O)N[C@H](CC(=O)O)C(=O)NCCN(C)C(=O)OC1=CC[C@@]2(O)C3Cc4ccc(O)c5c4C2(CCN3CC2CC2)[C@H]1O5. The molecule has 0 aromatic heterocycles. The van der Waals surface area contributed by atoms with Crippen LogP contribution in [0.1, 0.15) is 50.2 Å². The number of ether oxygens (including phenoxy) is 2. The Labute approximate surface area is 248 Å². The first kappa shape index (κ1) is 29.2. The van der Waals surface area contributed by atoms with Gasteiger partial charge in [0.05, 0.1) is 17.4 Å². The highest BCUT2D eigenvalue weighted by Gasteiger charge is 2.72. The second-order valence-corrected chi connectivity index (χ2v) is 12.5. The molecule has 2 aliphatic heterocycles. The third-order valence-electron chi connectivity index (χ3n) is 9.72. The van der Waals surface area contributed by atoms with Crippen LogP contribution in [0.5, 0.6) is 11.5 Å². The summed E-state index contributed by atoms with van der Waals surface area (Å²) < 4.78 is 12.2.